The Kier molecular flexibility index (Phi) is 8.78. The third kappa shape index (κ3) is 6.08. The molecule has 4 aliphatic rings. The fourth-order valence-corrected chi connectivity index (χ4v) is 9.31. The van der Waals surface area contributed by atoms with E-state index in [2.05, 4.69) is 25.8 Å². The van der Waals surface area contributed by atoms with Crippen LogP contribution in [-0.2, 0) is 4.79 Å². The molecular weight excluding hydrogens is 731 g/mol. The smallest absolute Gasteiger partial charge is 0.319 e. The first-order chi connectivity index (χ1) is 26.6. The zero-order chi connectivity index (χ0) is 38.0. The first-order valence-corrected chi connectivity index (χ1v) is 18.7. The predicted octanol–water partition coefficient (Wildman–Crippen LogP) is 6.62. The van der Waals surface area contributed by atoms with Gasteiger partial charge in [0.05, 0.1) is 34.3 Å². The summed E-state index contributed by atoms with van der Waals surface area (Å²) in [5, 5.41) is 11.6. The maximum atomic E-state index is 17.1. The number of phenolic OH excluding ortho intramolecular Hbond substituents is 1. The molecule has 0 radical (unpaired) electrons. The monoisotopic (exact) mass is 765 g/mol. The highest BCUT2D eigenvalue weighted by Gasteiger charge is 2.50. The second-order valence-corrected chi connectivity index (χ2v) is 15.2. The summed E-state index contributed by atoms with van der Waals surface area (Å²) in [5.74, 6) is 0.722. The maximum Gasteiger partial charge on any atom is 0.319 e. The number of rotatable bonds is 7. The van der Waals surface area contributed by atoms with Crippen molar-refractivity contribution in [2.24, 2.45) is 0 Å². The van der Waals surface area contributed by atoms with Crippen LogP contribution in [0.3, 0.4) is 0 Å². The normalized spacial score (nSPS) is 23.8. The number of aromatic nitrogens is 4. The Morgan fingerprint density at radius 2 is 1.93 bits per heavy atom. The van der Waals surface area contributed by atoms with Gasteiger partial charge < -0.3 is 19.6 Å². The number of alkyl halides is 1. The number of hydrogen-bond donors (Lipinski definition) is 1. The van der Waals surface area contributed by atoms with Crippen LogP contribution in [0.2, 0.25) is 0 Å². The minimum atomic E-state index is -0.973. The fraction of sp³-hybridized carbons (Fsp3) is 0.341. The summed E-state index contributed by atoms with van der Waals surface area (Å²) >= 11 is 6.56. The van der Waals surface area contributed by atoms with Gasteiger partial charge in [-0.25, -0.2) is 13.2 Å². The van der Waals surface area contributed by atoms with Gasteiger partial charge in [0.25, 0.3) is 5.91 Å². The summed E-state index contributed by atoms with van der Waals surface area (Å²) in [6, 6.07) is 10.2. The van der Waals surface area contributed by atoms with Gasteiger partial charge in [0, 0.05) is 49.4 Å². The van der Waals surface area contributed by atoms with Crippen LogP contribution in [0.1, 0.15) is 43.4 Å². The maximum absolute atomic E-state index is 17.1. The second kappa shape index (κ2) is 13.7. The van der Waals surface area contributed by atoms with E-state index >= 15 is 4.39 Å². The van der Waals surface area contributed by atoms with Crippen LogP contribution in [0, 0.1) is 24.0 Å². The number of amides is 1. The quantitative estimate of drug-likeness (QED) is 0.145. The zero-order valence-corrected chi connectivity index (χ0v) is 30.3. The molecule has 1 N–H and O–H groups in total. The van der Waals surface area contributed by atoms with E-state index in [0.717, 1.165) is 32.2 Å². The van der Waals surface area contributed by atoms with Crippen LogP contribution in [0.4, 0.5) is 19.0 Å². The van der Waals surface area contributed by atoms with Gasteiger partial charge in [0.15, 0.2) is 5.82 Å². The van der Waals surface area contributed by atoms with E-state index < -0.39 is 23.3 Å². The van der Waals surface area contributed by atoms with Crippen molar-refractivity contribution in [3.63, 3.8) is 0 Å². The highest BCUT2D eigenvalue weighted by Crippen LogP contribution is 2.43. The summed E-state index contributed by atoms with van der Waals surface area (Å²) in [4.78, 5) is 37.8. The summed E-state index contributed by atoms with van der Waals surface area (Å²) < 4.78 is 53.0. The number of pyridine rings is 2. The summed E-state index contributed by atoms with van der Waals surface area (Å²) in [6.07, 6.45) is 12.8. The lowest BCUT2D eigenvalue weighted by Crippen LogP contribution is -2.56. The van der Waals surface area contributed by atoms with Crippen LogP contribution >= 0.6 is 11.6 Å². The highest BCUT2D eigenvalue weighted by atomic mass is 35.5. The van der Waals surface area contributed by atoms with Gasteiger partial charge in [-0.05, 0) is 74.0 Å². The van der Waals surface area contributed by atoms with Crippen molar-refractivity contribution in [3.05, 3.63) is 82.8 Å². The highest BCUT2D eigenvalue weighted by molar-refractivity contribution is 6.44. The number of carbonyl (C=O) groups excluding carboxylic acids is 1. The molecule has 4 saturated heterocycles. The number of fused-ring (bicyclic) bond motifs is 5. The van der Waals surface area contributed by atoms with Crippen molar-refractivity contribution < 1.29 is 27.8 Å². The van der Waals surface area contributed by atoms with E-state index in [1.54, 1.807) is 24.4 Å². The Bertz CT molecular complexity index is 2430. The number of phenols is 1. The number of nitrogens with zero attached hydrogens (tertiary/aromatic N) is 7. The molecule has 55 heavy (non-hydrogen) atoms. The summed E-state index contributed by atoms with van der Waals surface area (Å²) in [6.45, 7) is 1.96. The molecule has 2 aromatic carbocycles. The first-order valence-electron chi connectivity index (χ1n) is 18.3. The number of halogens is 4. The Hall–Kier alpha value is -5.45. The average molecular weight is 766 g/mol. The molecule has 0 saturated carbocycles. The number of piperazine rings is 1. The van der Waals surface area contributed by atoms with Crippen molar-refractivity contribution in [1.82, 2.24) is 29.7 Å². The third-order valence-electron chi connectivity index (χ3n) is 11.5. The number of aromatic hydroxyl groups is 1. The molecule has 4 atom stereocenters. The number of terminal acetylenes is 1. The molecule has 1 amide bonds. The van der Waals surface area contributed by atoms with E-state index in [4.69, 9.17) is 27.7 Å². The molecule has 14 heteroatoms. The molecular formula is C41H35ClF3N7O3. The van der Waals surface area contributed by atoms with Gasteiger partial charge in [-0.15, -0.1) is 6.42 Å². The molecule has 10 nitrogen and oxygen atoms in total. The number of hydrogen-bond acceptors (Lipinski definition) is 9. The van der Waals surface area contributed by atoms with Gasteiger partial charge >= 0.3 is 6.01 Å². The van der Waals surface area contributed by atoms with Gasteiger partial charge in [-0.1, -0.05) is 29.7 Å². The SMILES string of the molecule is C#Cc1c(F)ccc2cc(O)cc(-c3ncc4c(N5C[C@H]6CC[C@@H](C5)N6C(=O)/C(Cl)=C/c5ccccn5)nc(OC[C@@]56CCCN5C[C@H](F)C6)nc4c3F)c12. The molecule has 0 unspecified atom stereocenters. The molecule has 2 bridgehead atoms. The Balaban J connectivity index is 1.12. The van der Waals surface area contributed by atoms with Crippen LogP contribution in [0.25, 0.3) is 39.0 Å². The first kappa shape index (κ1) is 35.3. The number of ether oxygens (including phenoxy) is 1. The van der Waals surface area contributed by atoms with E-state index in [0.29, 0.717) is 48.3 Å². The lowest BCUT2D eigenvalue weighted by molar-refractivity contribution is -0.129. The molecule has 280 valence electrons. The zero-order valence-electron chi connectivity index (χ0n) is 29.6. The van der Waals surface area contributed by atoms with E-state index in [-0.39, 0.29) is 69.1 Å². The van der Waals surface area contributed by atoms with Gasteiger partial charge in [0.1, 0.15) is 46.4 Å². The largest absolute Gasteiger partial charge is 0.508 e. The Labute approximate surface area is 319 Å². The number of anilines is 1. The molecule has 4 fully saturated rings. The van der Waals surface area contributed by atoms with Crippen molar-refractivity contribution in [2.75, 3.05) is 37.7 Å². The molecule has 0 spiro atoms. The second-order valence-electron chi connectivity index (χ2n) is 14.8. The van der Waals surface area contributed by atoms with E-state index in [1.165, 1.54) is 30.5 Å². The van der Waals surface area contributed by atoms with E-state index in [1.807, 2.05) is 15.9 Å². The molecule has 9 rings (SSSR count). The Morgan fingerprint density at radius 3 is 2.69 bits per heavy atom. The fourth-order valence-electron chi connectivity index (χ4n) is 9.10. The van der Waals surface area contributed by atoms with E-state index in [9.17, 15) is 18.7 Å². The average Bonchev–Trinajstić information content (AvgIpc) is 3.80. The lowest BCUT2D eigenvalue weighted by Gasteiger charge is -2.41. The van der Waals surface area contributed by atoms with Crippen molar-refractivity contribution in [2.45, 2.75) is 55.9 Å². The van der Waals surface area contributed by atoms with Crippen LogP contribution in [0.15, 0.2) is 59.9 Å². The minimum Gasteiger partial charge on any atom is -0.508 e. The van der Waals surface area contributed by atoms with Crippen LogP contribution < -0.4 is 9.64 Å². The van der Waals surface area contributed by atoms with Crippen molar-refractivity contribution >= 4 is 51.1 Å². The lowest BCUT2D eigenvalue weighted by atomic mass is 9.95. The number of carbonyl (C=O) groups is 1. The molecule has 7 heterocycles. The molecule has 4 aliphatic heterocycles. The standard InChI is InChI=1S/C41H35ClF3N7O3/c1-2-29-33(44)10-7-23-14-28(53)16-30(34(23)29)36-35(45)37-31(18-47-36)38(49-40(48-37)55-22-41-11-5-13-51(41)19-24(43)17-41)50-20-26-8-9-27(21-50)52(26)39(54)32(42)15-25-6-3-4-12-46-25/h1,3-4,6-7,10,12,14-16,18,24,26-27,53H,5,8-9,11,13,17,19-22H2/b32-15-/t24-,26-,27+,41+/m1/s1. The Morgan fingerprint density at radius 1 is 1.11 bits per heavy atom. The number of benzene rings is 2. The van der Waals surface area contributed by atoms with Gasteiger partial charge in [-0.3, -0.25) is 19.7 Å². The van der Waals surface area contributed by atoms with Gasteiger partial charge in [-0.2, -0.15) is 9.97 Å². The topological polar surface area (TPSA) is 108 Å². The van der Waals surface area contributed by atoms with Crippen molar-refractivity contribution in [1.29, 1.82) is 0 Å². The summed E-state index contributed by atoms with van der Waals surface area (Å²) in [5.41, 5.74) is -0.258. The van der Waals surface area contributed by atoms with Crippen LogP contribution in [0.5, 0.6) is 11.8 Å². The summed E-state index contributed by atoms with van der Waals surface area (Å²) in [7, 11) is 0. The van der Waals surface area contributed by atoms with Gasteiger partial charge in [0.2, 0.25) is 0 Å². The third-order valence-corrected chi connectivity index (χ3v) is 11.8. The molecule has 3 aromatic heterocycles. The molecule has 0 aliphatic carbocycles. The molecule has 5 aromatic rings. The predicted molar refractivity (Wildman–Crippen MR) is 202 cm³/mol. The van der Waals surface area contributed by atoms with Crippen LogP contribution in [-0.4, -0.2) is 97.3 Å². The minimum absolute atomic E-state index is 0.0566. The van der Waals surface area contributed by atoms with Crippen molar-refractivity contribution in [3.8, 4) is 35.4 Å².